The van der Waals surface area contributed by atoms with Crippen LogP contribution in [0.4, 0.5) is 0 Å². The Kier molecular flexibility index (Phi) is 5.21. The van der Waals surface area contributed by atoms with Gasteiger partial charge in [0.25, 0.3) is 0 Å². The molecule has 0 unspecified atom stereocenters. The van der Waals surface area contributed by atoms with Gasteiger partial charge >= 0.3 is 0 Å². The quantitative estimate of drug-likeness (QED) is 0.826. The summed E-state index contributed by atoms with van der Waals surface area (Å²) in [6.07, 6.45) is 2.42. The minimum atomic E-state index is 0.162. The van der Waals surface area contributed by atoms with Crippen LogP contribution in [-0.2, 0) is 5.41 Å². The van der Waals surface area contributed by atoms with E-state index in [-0.39, 0.29) is 5.41 Å². The van der Waals surface area contributed by atoms with E-state index in [1.807, 2.05) is 12.1 Å². The van der Waals surface area contributed by atoms with Crippen LogP contribution in [0, 0.1) is 11.8 Å². The molecule has 1 saturated carbocycles. The van der Waals surface area contributed by atoms with Crippen LogP contribution >= 0.6 is 11.6 Å². The van der Waals surface area contributed by atoms with Gasteiger partial charge in [0.1, 0.15) is 5.75 Å². The smallest absolute Gasteiger partial charge is 0.122 e. The fourth-order valence-electron chi connectivity index (χ4n) is 3.37. The summed E-state index contributed by atoms with van der Waals surface area (Å²) in [4.78, 5) is 0. The van der Waals surface area contributed by atoms with Crippen LogP contribution in [0.5, 0.6) is 5.75 Å². The topological polar surface area (TPSA) is 21.3 Å². The highest BCUT2D eigenvalue weighted by Crippen LogP contribution is 2.53. The van der Waals surface area contributed by atoms with Gasteiger partial charge in [-0.2, -0.15) is 0 Å². The molecule has 0 radical (unpaired) electrons. The number of rotatable bonds is 6. The van der Waals surface area contributed by atoms with Crippen molar-refractivity contribution in [2.75, 3.05) is 13.7 Å². The minimum Gasteiger partial charge on any atom is -0.496 e. The van der Waals surface area contributed by atoms with Gasteiger partial charge in [0.15, 0.2) is 0 Å². The van der Waals surface area contributed by atoms with Gasteiger partial charge in [-0.05, 0) is 42.9 Å². The predicted molar refractivity (Wildman–Crippen MR) is 90.4 cm³/mol. The van der Waals surface area contributed by atoms with Crippen molar-refractivity contribution < 1.29 is 4.74 Å². The maximum atomic E-state index is 6.25. The number of halogens is 1. The van der Waals surface area contributed by atoms with Crippen LogP contribution in [0.1, 0.15) is 46.1 Å². The van der Waals surface area contributed by atoms with Crippen molar-refractivity contribution in [3.05, 3.63) is 28.8 Å². The summed E-state index contributed by atoms with van der Waals surface area (Å²) in [6, 6.07) is 6.49. The molecule has 1 N–H and O–H groups in total. The molecule has 0 bridgehead atoms. The first-order chi connectivity index (χ1) is 9.88. The number of nitrogens with one attached hydrogen (secondary N) is 1. The second kappa shape index (κ2) is 6.58. The number of hydrogen-bond donors (Lipinski definition) is 1. The third kappa shape index (κ3) is 3.54. The van der Waals surface area contributed by atoms with Crippen LogP contribution in [0.2, 0.25) is 5.02 Å². The lowest BCUT2D eigenvalue weighted by atomic mass is 9.55. The number of methoxy groups -OCH3 is 1. The molecular formula is C18H28ClNO. The number of benzene rings is 1. The van der Waals surface area contributed by atoms with Crippen molar-refractivity contribution in [3.8, 4) is 5.75 Å². The Morgan fingerprint density at radius 1 is 1.29 bits per heavy atom. The molecule has 1 aliphatic rings. The Balaban J connectivity index is 2.30. The van der Waals surface area contributed by atoms with E-state index < -0.39 is 0 Å². The van der Waals surface area contributed by atoms with Gasteiger partial charge in [-0.3, -0.25) is 0 Å². The Bertz CT molecular complexity index is 473. The van der Waals surface area contributed by atoms with Crippen molar-refractivity contribution in [1.82, 2.24) is 5.32 Å². The average Bonchev–Trinajstić information content (AvgIpc) is 2.37. The molecule has 2 rings (SSSR count). The van der Waals surface area contributed by atoms with Gasteiger partial charge in [-0.1, -0.05) is 39.3 Å². The summed E-state index contributed by atoms with van der Waals surface area (Å²) < 4.78 is 5.60. The third-order valence-electron chi connectivity index (χ3n) is 4.83. The highest BCUT2D eigenvalue weighted by Gasteiger charge is 2.47. The van der Waals surface area contributed by atoms with Crippen molar-refractivity contribution >= 4 is 11.6 Å². The first-order valence-corrected chi connectivity index (χ1v) is 8.33. The number of hydrogen-bond acceptors (Lipinski definition) is 2. The monoisotopic (exact) mass is 309 g/mol. The Hall–Kier alpha value is -0.730. The molecule has 1 aliphatic carbocycles. The molecule has 118 valence electrons. The van der Waals surface area contributed by atoms with Crippen molar-refractivity contribution in [3.63, 3.8) is 0 Å². The molecule has 0 amide bonds. The molecule has 0 aliphatic heterocycles. The predicted octanol–water partition coefficient (Wildman–Crippen LogP) is 4.65. The molecule has 2 nitrogen and oxygen atoms in total. The maximum Gasteiger partial charge on any atom is 0.122 e. The maximum absolute atomic E-state index is 6.25. The molecule has 3 heteroatoms. The van der Waals surface area contributed by atoms with E-state index in [9.17, 15) is 0 Å². The lowest BCUT2D eigenvalue weighted by molar-refractivity contribution is 0.0934. The standard InChI is InChI=1S/C18H28ClNO/c1-12(2)14-9-18(10-14,11-20-13(3)4)16-8-15(19)6-7-17(16)21-5/h6-8,12-14,20H,9-11H2,1-5H3. The molecule has 0 saturated heterocycles. The van der Waals surface area contributed by atoms with Crippen molar-refractivity contribution in [1.29, 1.82) is 0 Å². The molecule has 1 aromatic rings. The Labute approximate surface area is 134 Å². The third-order valence-corrected chi connectivity index (χ3v) is 5.07. The molecule has 0 aromatic heterocycles. The van der Waals surface area contributed by atoms with Crippen molar-refractivity contribution in [2.24, 2.45) is 11.8 Å². The van der Waals surface area contributed by atoms with E-state index in [1.165, 1.54) is 18.4 Å². The zero-order chi connectivity index (χ0) is 15.6. The second-order valence-electron chi connectivity index (χ2n) is 7.07. The fraction of sp³-hybridized carbons (Fsp3) is 0.667. The first-order valence-electron chi connectivity index (χ1n) is 7.95. The zero-order valence-electron chi connectivity index (χ0n) is 13.9. The molecule has 0 atom stereocenters. The van der Waals surface area contributed by atoms with Crippen LogP contribution in [0.25, 0.3) is 0 Å². The summed E-state index contributed by atoms with van der Waals surface area (Å²) in [6.45, 7) is 10.0. The SMILES string of the molecule is COc1ccc(Cl)cc1C1(CNC(C)C)CC(C(C)C)C1. The van der Waals surface area contributed by atoms with E-state index in [4.69, 9.17) is 16.3 Å². The highest BCUT2D eigenvalue weighted by atomic mass is 35.5. The molecule has 0 heterocycles. The molecule has 1 aromatic carbocycles. The lowest BCUT2D eigenvalue weighted by Crippen LogP contribution is -2.51. The van der Waals surface area contributed by atoms with E-state index >= 15 is 0 Å². The second-order valence-corrected chi connectivity index (χ2v) is 7.51. The molecule has 21 heavy (non-hydrogen) atoms. The van der Waals surface area contributed by atoms with Gasteiger partial charge in [0.2, 0.25) is 0 Å². The van der Waals surface area contributed by atoms with Crippen molar-refractivity contribution in [2.45, 2.75) is 52.0 Å². The van der Waals surface area contributed by atoms with Gasteiger partial charge < -0.3 is 10.1 Å². The Morgan fingerprint density at radius 3 is 2.48 bits per heavy atom. The summed E-state index contributed by atoms with van der Waals surface area (Å²) in [7, 11) is 1.74. The largest absolute Gasteiger partial charge is 0.496 e. The van der Waals surface area contributed by atoms with Gasteiger partial charge in [-0.15, -0.1) is 0 Å². The summed E-state index contributed by atoms with van der Waals surface area (Å²) >= 11 is 6.25. The normalized spacial score (nSPS) is 25.2. The summed E-state index contributed by atoms with van der Waals surface area (Å²) in [5.41, 5.74) is 1.43. The number of ether oxygens (including phenoxy) is 1. The van der Waals surface area contributed by atoms with Gasteiger partial charge in [0.05, 0.1) is 7.11 Å². The van der Waals surface area contributed by atoms with Gasteiger partial charge in [0, 0.05) is 28.6 Å². The Morgan fingerprint density at radius 2 is 1.95 bits per heavy atom. The first kappa shape index (κ1) is 16.6. The molecular weight excluding hydrogens is 282 g/mol. The van der Waals surface area contributed by atoms with E-state index in [0.717, 1.165) is 29.2 Å². The van der Waals surface area contributed by atoms with Crippen LogP contribution < -0.4 is 10.1 Å². The fourth-order valence-corrected chi connectivity index (χ4v) is 3.54. The summed E-state index contributed by atoms with van der Waals surface area (Å²) in [5.74, 6) is 2.50. The summed E-state index contributed by atoms with van der Waals surface area (Å²) in [5, 5.41) is 4.41. The van der Waals surface area contributed by atoms with Crippen LogP contribution in [0.15, 0.2) is 18.2 Å². The highest BCUT2D eigenvalue weighted by molar-refractivity contribution is 6.30. The van der Waals surface area contributed by atoms with E-state index in [2.05, 4.69) is 39.1 Å². The van der Waals surface area contributed by atoms with Crippen LogP contribution in [-0.4, -0.2) is 19.7 Å². The minimum absolute atomic E-state index is 0.162. The lowest BCUT2D eigenvalue weighted by Gasteiger charge is -2.51. The average molecular weight is 310 g/mol. The van der Waals surface area contributed by atoms with E-state index in [0.29, 0.717) is 6.04 Å². The zero-order valence-corrected chi connectivity index (χ0v) is 14.6. The van der Waals surface area contributed by atoms with Crippen LogP contribution in [0.3, 0.4) is 0 Å². The van der Waals surface area contributed by atoms with E-state index in [1.54, 1.807) is 7.11 Å². The molecule has 0 spiro atoms. The van der Waals surface area contributed by atoms with Gasteiger partial charge in [-0.25, -0.2) is 0 Å². The molecule has 1 fully saturated rings.